The van der Waals surface area contributed by atoms with Gasteiger partial charge in [0.1, 0.15) is 0 Å². The third kappa shape index (κ3) is 4.59. The van der Waals surface area contributed by atoms with E-state index in [1.807, 2.05) is 7.05 Å². The minimum Gasteiger partial charge on any atom is -0.355 e. The highest BCUT2D eigenvalue weighted by Gasteiger charge is 2.29. The first-order valence-corrected chi connectivity index (χ1v) is 8.43. The van der Waals surface area contributed by atoms with E-state index in [2.05, 4.69) is 58.3 Å². The molecule has 2 aliphatic rings. The van der Waals surface area contributed by atoms with Crippen LogP contribution in [0.2, 0.25) is 0 Å². The summed E-state index contributed by atoms with van der Waals surface area (Å²) in [6.07, 6.45) is 3.82. The van der Waals surface area contributed by atoms with Gasteiger partial charge in [-0.25, -0.2) is 0 Å². The van der Waals surface area contributed by atoms with Crippen molar-refractivity contribution in [3.8, 4) is 0 Å². The zero-order valence-corrected chi connectivity index (χ0v) is 16.8. The standard InChI is InChI=1S/C18H28N4.HI/c1-14(21(3)17-8-9-17)12-20-18(19-2)22-11-10-15-6-4-5-7-16(15)13-22;/h4-7,14,17H,8-13H2,1-3H3,(H,19,20);1H. The summed E-state index contributed by atoms with van der Waals surface area (Å²) < 4.78 is 0. The smallest absolute Gasteiger partial charge is 0.194 e. The third-order valence-corrected chi connectivity index (χ3v) is 5.02. The highest BCUT2D eigenvalue weighted by Crippen LogP contribution is 2.26. The maximum absolute atomic E-state index is 4.49. The van der Waals surface area contributed by atoms with Gasteiger partial charge in [0, 0.05) is 38.8 Å². The van der Waals surface area contributed by atoms with Crippen LogP contribution in [0.5, 0.6) is 0 Å². The Bertz CT molecular complexity index is 542. The molecule has 1 aliphatic carbocycles. The Morgan fingerprint density at radius 3 is 2.70 bits per heavy atom. The lowest BCUT2D eigenvalue weighted by Gasteiger charge is -2.33. The van der Waals surface area contributed by atoms with Gasteiger partial charge in [0.15, 0.2) is 5.96 Å². The summed E-state index contributed by atoms with van der Waals surface area (Å²) in [6, 6.07) is 10.1. The lowest BCUT2D eigenvalue weighted by molar-refractivity contribution is 0.245. The average Bonchev–Trinajstić information content (AvgIpc) is 3.39. The van der Waals surface area contributed by atoms with Gasteiger partial charge < -0.3 is 10.2 Å². The summed E-state index contributed by atoms with van der Waals surface area (Å²) in [5.41, 5.74) is 2.91. The van der Waals surface area contributed by atoms with Crippen LogP contribution in [0, 0.1) is 0 Å². The molecule has 0 aromatic heterocycles. The van der Waals surface area contributed by atoms with E-state index in [4.69, 9.17) is 0 Å². The van der Waals surface area contributed by atoms with E-state index in [-0.39, 0.29) is 24.0 Å². The molecule has 0 amide bonds. The molecule has 1 aliphatic heterocycles. The molecule has 1 fully saturated rings. The second kappa shape index (κ2) is 8.33. The van der Waals surface area contributed by atoms with Crippen LogP contribution in [0.1, 0.15) is 30.9 Å². The molecule has 0 bridgehead atoms. The van der Waals surface area contributed by atoms with Crippen molar-refractivity contribution in [3.05, 3.63) is 35.4 Å². The molecule has 23 heavy (non-hydrogen) atoms. The summed E-state index contributed by atoms with van der Waals surface area (Å²) in [4.78, 5) is 9.35. The summed E-state index contributed by atoms with van der Waals surface area (Å²) in [7, 11) is 4.13. The Balaban J connectivity index is 0.00000192. The molecule has 3 rings (SSSR count). The fourth-order valence-electron chi connectivity index (χ4n) is 3.23. The summed E-state index contributed by atoms with van der Waals surface area (Å²) >= 11 is 0. The molecular weight excluding hydrogens is 399 g/mol. The predicted octanol–water partition coefficient (Wildman–Crippen LogP) is 2.72. The Morgan fingerprint density at radius 2 is 2.04 bits per heavy atom. The average molecular weight is 428 g/mol. The highest BCUT2D eigenvalue weighted by molar-refractivity contribution is 14.0. The quantitative estimate of drug-likeness (QED) is 0.455. The first kappa shape index (κ1) is 18.5. The normalized spacial score (nSPS) is 19.1. The topological polar surface area (TPSA) is 30.9 Å². The zero-order valence-electron chi connectivity index (χ0n) is 14.5. The Kier molecular flexibility index (Phi) is 6.71. The molecule has 1 aromatic rings. The second-order valence-corrected chi connectivity index (χ2v) is 6.61. The van der Waals surface area contributed by atoms with Gasteiger partial charge in [0.05, 0.1) is 0 Å². The molecular formula is C18H29IN4. The van der Waals surface area contributed by atoms with E-state index >= 15 is 0 Å². The van der Waals surface area contributed by atoms with Crippen LogP contribution in [0.15, 0.2) is 29.3 Å². The Hall–Kier alpha value is -0.820. The molecule has 0 radical (unpaired) electrons. The zero-order chi connectivity index (χ0) is 15.5. The van der Waals surface area contributed by atoms with Crippen molar-refractivity contribution in [2.45, 2.75) is 44.8 Å². The Labute approximate surface area is 157 Å². The third-order valence-electron chi connectivity index (χ3n) is 5.02. The van der Waals surface area contributed by atoms with Gasteiger partial charge in [-0.15, -0.1) is 24.0 Å². The minimum absolute atomic E-state index is 0. The van der Waals surface area contributed by atoms with Crippen molar-refractivity contribution in [2.24, 2.45) is 4.99 Å². The fraction of sp³-hybridized carbons (Fsp3) is 0.611. The van der Waals surface area contributed by atoms with Crippen molar-refractivity contribution < 1.29 is 0 Å². The minimum atomic E-state index is 0. The maximum Gasteiger partial charge on any atom is 0.194 e. The molecule has 0 saturated heterocycles. The van der Waals surface area contributed by atoms with Crippen molar-refractivity contribution in [1.29, 1.82) is 0 Å². The number of rotatable bonds is 4. The van der Waals surface area contributed by atoms with Gasteiger partial charge in [0.2, 0.25) is 0 Å². The molecule has 1 atom stereocenters. The number of benzene rings is 1. The molecule has 1 aromatic carbocycles. The summed E-state index contributed by atoms with van der Waals surface area (Å²) in [6.45, 7) is 5.26. The number of hydrogen-bond donors (Lipinski definition) is 1. The van der Waals surface area contributed by atoms with E-state index in [1.165, 1.54) is 24.0 Å². The number of nitrogens with zero attached hydrogens (tertiary/aromatic N) is 3. The lowest BCUT2D eigenvalue weighted by Crippen LogP contribution is -2.48. The van der Waals surface area contributed by atoms with E-state index in [0.29, 0.717) is 6.04 Å². The van der Waals surface area contributed by atoms with E-state index in [1.54, 1.807) is 0 Å². The predicted molar refractivity (Wildman–Crippen MR) is 108 cm³/mol. The van der Waals surface area contributed by atoms with Gasteiger partial charge in [-0.1, -0.05) is 24.3 Å². The molecule has 1 saturated carbocycles. The fourth-order valence-corrected chi connectivity index (χ4v) is 3.23. The van der Waals surface area contributed by atoms with Gasteiger partial charge in [-0.05, 0) is 44.4 Å². The summed E-state index contributed by atoms with van der Waals surface area (Å²) in [5.74, 6) is 1.03. The second-order valence-electron chi connectivity index (χ2n) is 6.61. The van der Waals surface area contributed by atoms with Crippen LogP contribution in [0.4, 0.5) is 0 Å². The van der Waals surface area contributed by atoms with E-state index < -0.39 is 0 Å². The van der Waals surface area contributed by atoms with Crippen molar-refractivity contribution in [3.63, 3.8) is 0 Å². The number of nitrogens with one attached hydrogen (secondary N) is 1. The Morgan fingerprint density at radius 1 is 1.35 bits per heavy atom. The van der Waals surface area contributed by atoms with Crippen LogP contribution in [-0.4, -0.2) is 55.0 Å². The van der Waals surface area contributed by atoms with Crippen LogP contribution >= 0.6 is 24.0 Å². The first-order valence-electron chi connectivity index (χ1n) is 8.43. The number of halogens is 1. The van der Waals surface area contributed by atoms with E-state index in [9.17, 15) is 0 Å². The monoisotopic (exact) mass is 428 g/mol. The van der Waals surface area contributed by atoms with Crippen molar-refractivity contribution in [1.82, 2.24) is 15.1 Å². The van der Waals surface area contributed by atoms with Crippen LogP contribution in [-0.2, 0) is 13.0 Å². The van der Waals surface area contributed by atoms with Crippen molar-refractivity contribution in [2.75, 3.05) is 27.2 Å². The van der Waals surface area contributed by atoms with Crippen LogP contribution in [0.25, 0.3) is 0 Å². The van der Waals surface area contributed by atoms with Gasteiger partial charge in [0.25, 0.3) is 0 Å². The number of likely N-dealkylation sites (N-methyl/N-ethyl adjacent to an activating group) is 1. The molecule has 0 spiro atoms. The molecule has 4 nitrogen and oxygen atoms in total. The molecule has 1 unspecified atom stereocenters. The number of guanidine groups is 1. The SMILES string of the molecule is CN=C(NCC(C)N(C)C1CC1)N1CCc2ccccc2C1.I. The van der Waals surface area contributed by atoms with Crippen molar-refractivity contribution >= 4 is 29.9 Å². The number of fused-ring (bicyclic) bond motifs is 1. The first-order chi connectivity index (χ1) is 10.7. The largest absolute Gasteiger partial charge is 0.355 e. The molecule has 1 N–H and O–H groups in total. The van der Waals surface area contributed by atoms with Gasteiger partial charge in [-0.3, -0.25) is 9.89 Å². The van der Waals surface area contributed by atoms with Gasteiger partial charge >= 0.3 is 0 Å². The number of hydrogen-bond acceptors (Lipinski definition) is 2. The molecule has 128 valence electrons. The highest BCUT2D eigenvalue weighted by atomic mass is 127. The van der Waals surface area contributed by atoms with Crippen LogP contribution < -0.4 is 5.32 Å². The number of aliphatic imine (C=N–C) groups is 1. The maximum atomic E-state index is 4.49. The van der Waals surface area contributed by atoms with Crippen LogP contribution in [0.3, 0.4) is 0 Å². The molecule has 1 heterocycles. The van der Waals surface area contributed by atoms with E-state index in [0.717, 1.165) is 38.1 Å². The lowest BCUT2D eigenvalue weighted by atomic mass is 10.0. The van der Waals surface area contributed by atoms with Gasteiger partial charge in [-0.2, -0.15) is 0 Å². The molecule has 5 heteroatoms. The summed E-state index contributed by atoms with van der Waals surface area (Å²) in [5, 5.41) is 3.57.